The molecule has 284 valence electrons. The molecule has 0 bridgehead atoms. The normalized spacial score (nSPS) is 14.3. The van der Waals surface area contributed by atoms with Gasteiger partial charge in [0, 0.05) is 18.2 Å². The molecule has 1 fully saturated rings. The molecule has 1 N–H and O–H groups in total. The van der Waals surface area contributed by atoms with Crippen LogP contribution in [0.1, 0.15) is 175 Å². The minimum Gasteiger partial charge on any atom is -0.462 e. The lowest BCUT2D eigenvalue weighted by atomic mass is 10.00. The van der Waals surface area contributed by atoms with Gasteiger partial charge in [-0.15, -0.1) is 0 Å². The van der Waals surface area contributed by atoms with Crippen LogP contribution in [-0.4, -0.2) is 73.1 Å². The average molecular weight is 707 g/mol. The van der Waals surface area contributed by atoms with Crippen molar-refractivity contribution in [1.29, 1.82) is 0 Å². The minimum absolute atomic E-state index is 0.0904. The molecule has 0 aromatic carbocycles. The molecule has 7 nitrogen and oxygen atoms in total. The van der Waals surface area contributed by atoms with Gasteiger partial charge in [-0.1, -0.05) is 123 Å². The van der Waals surface area contributed by atoms with Gasteiger partial charge < -0.3 is 19.7 Å². The second kappa shape index (κ2) is 32.2. The number of thioether (sulfide) groups is 1. The molecule has 1 saturated heterocycles. The third-order valence-electron chi connectivity index (χ3n) is 9.55. The highest BCUT2D eigenvalue weighted by atomic mass is 32.2. The Labute approximate surface area is 305 Å². The zero-order valence-corrected chi connectivity index (χ0v) is 33.0. The van der Waals surface area contributed by atoms with Crippen LogP contribution in [0.4, 0.5) is 0 Å². The van der Waals surface area contributed by atoms with E-state index in [1.54, 1.807) is 11.8 Å². The SMILES string of the molecule is CCCCCCCC#CCOC(=O)CCSCCC(C(=O)NC1CCN(C)CC1)C(=O)OC(CCCCCCCC)CCCCCCCC. The summed E-state index contributed by atoms with van der Waals surface area (Å²) in [4.78, 5) is 41.7. The summed E-state index contributed by atoms with van der Waals surface area (Å²) in [6.45, 7) is 8.70. The van der Waals surface area contributed by atoms with E-state index in [1.807, 2.05) is 0 Å². The first-order chi connectivity index (χ1) is 23.9. The fourth-order valence-electron chi connectivity index (χ4n) is 6.23. The highest BCUT2D eigenvalue weighted by Gasteiger charge is 2.32. The van der Waals surface area contributed by atoms with Gasteiger partial charge in [-0.3, -0.25) is 14.4 Å². The Morgan fingerprint density at radius 3 is 1.88 bits per heavy atom. The summed E-state index contributed by atoms with van der Waals surface area (Å²) in [7, 11) is 2.10. The number of piperidine rings is 1. The van der Waals surface area contributed by atoms with Crippen molar-refractivity contribution in [3.63, 3.8) is 0 Å². The molecular formula is C41H74N2O5S. The van der Waals surface area contributed by atoms with Gasteiger partial charge in [0.1, 0.15) is 12.0 Å². The van der Waals surface area contributed by atoms with Crippen molar-refractivity contribution in [2.24, 2.45) is 5.92 Å². The summed E-state index contributed by atoms with van der Waals surface area (Å²) in [6, 6.07) is 0.0904. The molecule has 0 aromatic heterocycles. The molecule has 0 radical (unpaired) electrons. The van der Waals surface area contributed by atoms with Crippen molar-refractivity contribution in [3.8, 4) is 11.8 Å². The average Bonchev–Trinajstić information content (AvgIpc) is 3.09. The lowest BCUT2D eigenvalue weighted by Gasteiger charge is -2.30. The Kier molecular flexibility index (Phi) is 29.8. The summed E-state index contributed by atoms with van der Waals surface area (Å²) < 4.78 is 11.5. The van der Waals surface area contributed by atoms with Crippen LogP contribution in [0, 0.1) is 17.8 Å². The van der Waals surface area contributed by atoms with Crippen molar-refractivity contribution in [3.05, 3.63) is 0 Å². The van der Waals surface area contributed by atoms with E-state index in [0.29, 0.717) is 24.3 Å². The van der Waals surface area contributed by atoms with Gasteiger partial charge in [-0.25, -0.2) is 0 Å². The van der Waals surface area contributed by atoms with E-state index < -0.39 is 5.92 Å². The summed E-state index contributed by atoms with van der Waals surface area (Å²) >= 11 is 1.58. The lowest BCUT2D eigenvalue weighted by molar-refractivity contribution is -0.158. The smallest absolute Gasteiger partial charge is 0.318 e. The molecule has 0 saturated carbocycles. The summed E-state index contributed by atoms with van der Waals surface area (Å²) in [5, 5.41) is 3.18. The largest absolute Gasteiger partial charge is 0.462 e. The highest BCUT2D eigenvalue weighted by Crippen LogP contribution is 2.21. The molecule has 8 heteroatoms. The van der Waals surface area contributed by atoms with E-state index in [-0.39, 0.29) is 36.6 Å². The minimum atomic E-state index is -0.826. The Bertz CT molecular complexity index is 880. The topological polar surface area (TPSA) is 84.9 Å². The highest BCUT2D eigenvalue weighted by molar-refractivity contribution is 7.99. The van der Waals surface area contributed by atoms with Crippen molar-refractivity contribution in [2.75, 3.05) is 38.2 Å². The van der Waals surface area contributed by atoms with E-state index in [9.17, 15) is 14.4 Å². The number of carbonyl (C=O) groups excluding carboxylic acids is 3. The molecule has 49 heavy (non-hydrogen) atoms. The van der Waals surface area contributed by atoms with Crippen LogP contribution in [0.5, 0.6) is 0 Å². The van der Waals surface area contributed by atoms with Gasteiger partial charge in [-0.05, 0) is 77.3 Å². The first-order valence-corrected chi connectivity index (χ1v) is 21.4. The van der Waals surface area contributed by atoms with Gasteiger partial charge >= 0.3 is 11.9 Å². The maximum atomic E-state index is 13.7. The first kappa shape index (κ1) is 45.3. The molecule has 0 aromatic rings. The Morgan fingerprint density at radius 1 is 0.735 bits per heavy atom. The number of carbonyl (C=O) groups is 3. The number of nitrogens with zero attached hydrogens (tertiary/aromatic N) is 1. The Morgan fingerprint density at radius 2 is 1.29 bits per heavy atom. The third-order valence-corrected chi connectivity index (χ3v) is 10.6. The third kappa shape index (κ3) is 25.8. The quantitative estimate of drug-likeness (QED) is 0.0345. The summed E-state index contributed by atoms with van der Waals surface area (Å²) in [6.07, 6.45) is 25.5. The standard InChI is InChI=1S/C41H74N2O5S/c1-5-8-11-14-17-18-21-24-33-47-39(44)30-35-49-34-29-38(40(45)42-36-27-31-43(4)32-28-36)41(46)48-37(25-22-19-15-12-9-6-2)26-23-20-16-13-10-7-3/h36-38H,5-20,22-23,25-35H2,1-4H3,(H,42,45). The lowest BCUT2D eigenvalue weighted by Crippen LogP contribution is -2.47. The number of hydrogen-bond donors (Lipinski definition) is 1. The van der Waals surface area contributed by atoms with E-state index in [2.05, 4.69) is 49.9 Å². The molecule has 0 aliphatic carbocycles. The number of likely N-dealkylation sites (tertiary alicyclic amines) is 1. The van der Waals surface area contributed by atoms with Crippen LogP contribution in [0.2, 0.25) is 0 Å². The van der Waals surface area contributed by atoms with Gasteiger partial charge in [0.2, 0.25) is 5.91 Å². The van der Waals surface area contributed by atoms with Crippen molar-refractivity contribution in [2.45, 2.75) is 187 Å². The number of rotatable bonds is 30. The second-order valence-electron chi connectivity index (χ2n) is 14.1. The number of hydrogen-bond acceptors (Lipinski definition) is 7. The first-order valence-electron chi connectivity index (χ1n) is 20.3. The number of esters is 2. The van der Waals surface area contributed by atoms with Crippen LogP contribution in [-0.2, 0) is 23.9 Å². The molecule has 1 atom stereocenters. The van der Waals surface area contributed by atoms with Crippen LogP contribution >= 0.6 is 11.8 Å². The Hall–Kier alpha value is -1.72. The van der Waals surface area contributed by atoms with Crippen molar-refractivity contribution < 1.29 is 23.9 Å². The van der Waals surface area contributed by atoms with Gasteiger partial charge in [0.05, 0.1) is 6.42 Å². The fraction of sp³-hybridized carbons (Fsp3) is 0.878. The van der Waals surface area contributed by atoms with Gasteiger partial charge in [0.15, 0.2) is 6.61 Å². The van der Waals surface area contributed by atoms with E-state index in [4.69, 9.17) is 9.47 Å². The molecular weight excluding hydrogens is 633 g/mol. The predicted molar refractivity (Wildman–Crippen MR) is 207 cm³/mol. The molecule has 0 spiro atoms. The zero-order chi connectivity index (χ0) is 35.8. The van der Waals surface area contributed by atoms with Crippen LogP contribution in [0.3, 0.4) is 0 Å². The van der Waals surface area contributed by atoms with E-state index in [1.165, 1.54) is 77.0 Å². The van der Waals surface area contributed by atoms with E-state index in [0.717, 1.165) is 77.3 Å². The number of nitrogens with one attached hydrogen (secondary N) is 1. The van der Waals surface area contributed by atoms with Crippen molar-refractivity contribution in [1.82, 2.24) is 10.2 Å². The maximum Gasteiger partial charge on any atom is 0.318 e. The maximum absolute atomic E-state index is 13.7. The Balaban J connectivity index is 2.64. The van der Waals surface area contributed by atoms with E-state index >= 15 is 0 Å². The molecule has 1 aliphatic rings. The van der Waals surface area contributed by atoms with Crippen LogP contribution in [0.25, 0.3) is 0 Å². The van der Waals surface area contributed by atoms with Crippen LogP contribution in [0.15, 0.2) is 0 Å². The molecule has 1 heterocycles. The summed E-state index contributed by atoms with van der Waals surface area (Å²) in [5.74, 6) is 5.57. The van der Waals surface area contributed by atoms with Crippen molar-refractivity contribution >= 4 is 29.6 Å². The van der Waals surface area contributed by atoms with Gasteiger partial charge in [0.25, 0.3) is 0 Å². The second-order valence-corrected chi connectivity index (χ2v) is 15.4. The summed E-state index contributed by atoms with van der Waals surface area (Å²) in [5.41, 5.74) is 0. The molecule has 1 amide bonds. The predicted octanol–water partition coefficient (Wildman–Crippen LogP) is 9.65. The molecule has 1 rings (SSSR count). The zero-order valence-electron chi connectivity index (χ0n) is 32.1. The number of amides is 1. The monoisotopic (exact) mass is 707 g/mol. The molecule has 1 aliphatic heterocycles. The molecule has 1 unspecified atom stereocenters. The number of ether oxygens (including phenoxy) is 2. The van der Waals surface area contributed by atoms with Crippen LogP contribution < -0.4 is 5.32 Å². The van der Waals surface area contributed by atoms with Gasteiger partial charge in [-0.2, -0.15) is 11.8 Å². The number of unbranched alkanes of at least 4 members (excludes halogenated alkanes) is 15. The fourth-order valence-corrected chi connectivity index (χ4v) is 7.15.